The van der Waals surface area contributed by atoms with E-state index in [0.29, 0.717) is 41.3 Å². The molecule has 1 aliphatic carbocycles. The van der Waals surface area contributed by atoms with E-state index in [1.165, 1.54) is 16.8 Å². The van der Waals surface area contributed by atoms with Crippen molar-refractivity contribution in [1.29, 1.82) is 0 Å². The summed E-state index contributed by atoms with van der Waals surface area (Å²) in [6.07, 6.45) is -1.91. The van der Waals surface area contributed by atoms with Crippen LogP contribution in [0.25, 0.3) is 5.65 Å². The van der Waals surface area contributed by atoms with Gasteiger partial charge in [-0.15, -0.1) is 0 Å². The summed E-state index contributed by atoms with van der Waals surface area (Å²) in [5.74, 6) is -0.676. The summed E-state index contributed by atoms with van der Waals surface area (Å²) in [6, 6.07) is 4.81. The fraction of sp³-hybridized carbons (Fsp3) is 0.294. The second-order valence-electron chi connectivity index (χ2n) is 6.52. The van der Waals surface area contributed by atoms with Gasteiger partial charge in [-0.3, -0.25) is 0 Å². The van der Waals surface area contributed by atoms with Gasteiger partial charge in [0, 0.05) is 11.8 Å². The van der Waals surface area contributed by atoms with Crippen molar-refractivity contribution in [2.75, 3.05) is 11.1 Å². The lowest BCUT2D eigenvalue weighted by Crippen LogP contribution is -2.22. The minimum absolute atomic E-state index is 0.419. The number of fused-ring (bicyclic) bond motifs is 1. The van der Waals surface area contributed by atoms with Gasteiger partial charge < -0.3 is 11.1 Å². The summed E-state index contributed by atoms with van der Waals surface area (Å²) in [6.45, 7) is 1.80. The van der Waals surface area contributed by atoms with Crippen molar-refractivity contribution in [3.63, 3.8) is 0 Å². The lowest BCUT2D eigenvalue weighted by atomic mass is 10.0. The van der Waals surface area contributed by atoms with Crippen molar-refractivity contribution in [2.24, 2.45) is 0 Å². The van der Waals surface area contributed by atoms with E-state index >= 15 is 0 Å². The normalized spacial score (nSPS) is 16.0. The van der Waals surface area contributed by atoms with Gasteiger partial charge in [0.1, 0.15) is 11.6 Å². The number of nitrogens with one attached hydrogen (secondary N) is 1. The molecule has 1 aromatic carbocycles. The Kier molecular flexibility index (Phi) is 3.40. The van der Waals surface area contributed by atoms with E-state index in [9.17, 15) is 17.6 Å². The Bertz CT molecular complexity index is 1000. The molecule has 1 aliphatic rings. The van der Waals surface area contributed by atoms with Crippen LogP contribution in [0.15, 0.2) is 30.5 Å². The Morgan fingerprint density at radius 1 is 1.23 bits per heavy atom. The molecule has 0 saturated heterocycles. The summed E-state index contributed by atoms with van der Waals surface area (Å²) in [5.41, 5.74) is 6.03. The smallest absolute Gasteiger partial charge is 0.394 e. The van der Waals surface area contributed by atoms with Crippen LogP contribution in [0.1, 0.15) is 29.7 Å². The Hall–Kier alpha value is -2.84. The molecule has 5 nitrogen and oxygen atoms in total. The van der Waals surface area contributed by atoms with Crippen LogP contribution in [0.3, 0.4) is 0 Å². The SMILES string of the molecule is Cc1cc(NC2(c3ccc(C(F)(F)F)c(F)c3)CC2)n2ncc(N)c2n1. The molecule has 2 aromatic heterocycles. The van der Waals surface area contributed by atoms with Gasteiger partial charge in [0.15, 0.2) is 5.65 Å². The Balaban J connectivity index is 1.72. The number of nitrogens with zero attached hydrogens (tertiary/aromatic N) is 3. The van der Waals surface area contributed by atoms with E-state index in [1.54, 1.807) is 13.0 Å². The third kappa shape index (κ3) is 2.63. The number of hydrogen-bond donors (Lipinski definition) is 2. The molecule has 0 spiro atoms. The molecule has 9 heteroatoms. The maximum absolute atomic E-state index is 14.0. The first kappa shape index (κ1) is 16.6. The zero-order chi connectivity index (χ0) is 18.7. The predicted molar refractivity (Wildman–Crippen MR) is 88.1 cm³/mol. The Morgan fingerprint density at radius 3 is 2.58 bits per heavy atom. The highest BCUT2D eigenvalue weighted by atomic mass is 19.4. The van der Waals surface area contributed by atoms with Crippen molar-refractivity contribution in [2.45, 2.75) is 31.5 Å². The summed E-state index contributed by atoms with van der Waals surface area (Å²) >= 11 is 0. The zero-order valence-electron chi connectivity index (χ0n) is 13.7. The number of aromatic nitrogens is 3. The monoisotopic (exact) mass is 365 g/mol. The van der Waals surface area contributed by atoms with Crippen LogP contribution in [0.4, 0.5) is 29.1 Å². The second-order valence-corrected chi connectivity index (χ2v) is 6.52. The summed E-state index contributed by atoms with van der Waals surface area (Å²) in [7, 11) is 0. The zero-order valence-corrected chi connectivity index (χ0v) is 13.7. The van der Waals surface area contributed by atoms with E-state index in [0.717, 1.165) is 12.1 Å². The molecule has 0 aliphatic heterocycles. The van der Waals surface area contributed by atoms with Crippen LogP contribution >= 0.6 is 0 Å². The molecule has 0 unspecified atom stereocenters. The van der Waals surface area contributed by atoms with Crippen molar-refractivity contribution >= 4 is 17.2 Å². The lowest BCUT2D eigenvalue weighted by molar-refractivity contribution is -0.140. The molecule has 0 radical (unpaired) electrons. The maximum atomic E-state index is 14.0. The molecule has 4 rings (SSSR count). The standard InChI is InChI=1S/C17H15F4N5/c1-9-6-14(26-15(24-9)13(22)8-23-26)25-16(4-5-16)10-2-3-11(12(18)7-10)17(19,20)21/h2-3,6-8,25H,4-5,22H2,1H3. The third-order valence-electron chi connectivity index (χ3n) is 4.57. The van der Waals surface area contributed by atoms with Crippen LogP contribution in [-0.2, 0) is 11.7 Å². The number of halogens is 4. The number of alkyl halides is 3. The van der Waals surface area contributed by atoms with Gasteiger partial charge in [-0.1, -0.05) is 6.07 Å². The second kappa shape index (κ2) is 5.33. The molecule has 26 heavy (non-hydrogen) atoms. The minimum atomic E-state index is -4.71. The first-order valence-electron chi connectivity index (χ1n) is 7.96. The van der Waals surface area contributed by atoms with Crippen LogP contribution in [0.2, 0.25) is 0 Å². The third-order valence-corrected chi connectivity index (χ3v) is 4.57. The summed E-state index contributed by atoms with van der Waals surface area (Å²) in [5, 5.41) is 7.46. The van der Waals surface area contributed by atoms with Crippen molar-refractivity contribution in [3.05, 3.63) is 53.1 Å². The molecule has 0 atom stereocenters. The number of nitrogens with two attached hydrogens (primary N) is 1. The van der Waals surface area contributed by atoms with E-state index in [4.69, 9.17) is 5.73 Å². The largest absolute Gasteiger partial charge is 0.419 e. The number of aryl methyl sites for hydroxylation is 1. The molecule has 0 amide bonds. The number of benzene rings is 1. The van der Waals surface area contributed by atoms with Crippen molar-refractivity contribution in [3.8, 4) is 0 Å². The lowest BCUT2D eigenvalue weighted by Gasteiger charge is -2.21. The average Bonchev–Trinajstić information content (AvgIpc) is 3.24. The molecule has 1 saturated carbocycles. The molecule has 2 heterocycles. The highest BCUT2D eigenvalue weighted by molar-refractivity contribution is 5.67. The molecular weight excluding hydrogens is 350 g/mol. The fourth-order valence-electron chi connectivity index (χ4n) is 3.09. The summed E-state index contributed by atoms with van der Waals surface area (Å²) in [4.78, 5) is 4.32. The predicted octanol–water partition coefficient (Wildman–Crippen LogP) is 3.88. The van der Waals surface area contributed by atoms with Gasteiger partial charge >= 0.3 is 6.18 Å². The van der Waals surface area contributed by atoms with Gasteiger partial charge in [0.25, 0.3) is 0 Å². The number of nitrogen functional groups attached to an aromatic ring is 1. The van der Waals surface area contributed by atoms with Crippen LogP contribution in [0.5, 0.6) is 0 Å². The van der Waals surface area contributed by atoms with Gasteiger partial charge in [0.05, 0.1) is 23.0 Å². The quantitative estimate of drug-likeness (QED) is 0.691. The highest BCUT2D eigenvalue weighted by Gasteiger charge is 2.46. The number of rotatable bonds is 3. The molecule has 3 aromatic rings. The molecule has 0 bridgehead atoms. The first-order valence-corrected chi connectivity index (χ1v) is 7.96. The number of hydrogen-bond acceptors (Lipinski definition) is 4. The van der Waals surface area contributed by atoms with Gasteiger partial charge in [-0.05, 0) is 37.5 Å². The van der Waals surface area contributed by atoms with Gasteiger partial charge in [0.2, 0.25) is 0 Å². The molecular formula is C17H15F4N5. The Morgan fingerprint density at radius 2 is 1.96 bits per heavy atom. The van der Waals surface area contributed by atoms with E-state index in [1.807, 2.05) is 0 Å². The van der Waals surface area contributed by atoms with Crippen LogP contribution < -0.4 is 11.1 Å². The van der Waals surface area contributed by atoms with E-state index in [2.05, 4.69) is 15.4 Å². The maximum Gasteiger partial charge on any atom is 0.419 e. The van der Waals surface area contributed by atoms with Crippen LogP contribution in [0, 0.1) is 12.7 Å². The average molecular weight is 365 g/mol. The van der Waals surface area contributed by atoms with Crippen LogP contribution in [-0.4, -0.2) is 14.6 Å². The van der Waals surface area contributed by atoms with Gasteiger partial charge in [-0.25, -0.2) is 9.37 Å². The molecule has 1 fully saturated rings. The van der Waals surface area contributed by atoms with Crippen molar-refractivity contribution in [1.82, 2.24) is 14.6 Å². The minimum Gasteiger partial charge on any atom is -0.394 e. The number of anilines is 2. The topological polar surface area (TPSA) is 68.2 Å². The van der Waals surface area contributed by atoms with E-state index < -0.39 is 23.1 Å². The fourth-order valence-corrected chi connectivity index (χ4v) is 3.09. The Labute approximate surface area is 145 Å². The van der Waals surface area contributed by atoms with Gasteiger partial charge in [-0.2, -0.15) is 22.8 Å². The first-order chi connectivity index (χ1) is 12.2. The molecule has 3 N–H and O–H groups in total. The van der Waals surface area contributed by atoms with Crippen molar-refractivity contribution < 1.29 is 17.6 Å². The summed E-state index contributed by atoms with van der Waals surface area (Å²) < 4.78 is 53.8. The highest BCUT2D eigenvalue weighted by Crippen LogP contribution is 2.49. The molecule has 136 valence electrons. The van der Waals surface area contributed by atoms with E-state index in [-0.39, 0.29) is 0 Å².